The summed E-state index contributed by atoms with van der Waals surface area (Å²) in [6.07, 6.45) is 12.7. The Kier molecular flexibility index (Phi) is 10.4. The van der Waals surface area contributed by atoms with Gasteiger partial charge in [-0.25, -0.2) is 14.2 Å². The van der Waals surface area contributed by atoms with Gasteiger partial charge in [-0.2, -0.15) is 44.7 Å². The van der Waals surface area contributed by atoms with Crippen molar-refractivity contribution in [1.29, 1.82) is 0 Å². The highest BCUT2D eigenvalue weighted by molar-refractivity contribution is 6.00. The van der Waals surface area contributed by atoms with E-state index in [9.17, 15) is 19.8 Å². The van der Waals surface area contributed by atoms with Gasteiger partial charge in [-0.15, -0.1) is 20.5 Å². The topological polar surface area (TPSA) is 295 Å². The lowest BCUT2D eigenvalue weighted by Crippen LogP contribution is -2.14. The number of hydrogen-bond donors (Lipinski definition) is 4. The molecule has 0 radical (unpaired) electrons. The molecule has 2 saturated carbocycles. The molecule has 7 rings (SSSR count). The number of azo groups is 2. The number of aliphatic hydroxyl groups is 1. The highest BCUT2D eigenvalue weighted by Gasteiger charge is 2.27. The van der Waals surface area contributed by atoms with Crippen molar-refractivity contribution in [2.45, 2.75) is 90.1 Å². The molecule has 0 amide bonds. The quantitative estimate of drug-likeness (QED) is 0.0790. The lowest BCUT2D eigenvalue weighted by atomic mass is 9.95. The SMILES string of the molecule is COC(=O)c1cnn(C2CCCCC2)c1N=Nc1c(C)nn(-c2nc(O)nc(-n3nc(C)c(N=Nc4c(C(=O)CO)cnn4C4CCCCC4)c3N)n2)c1N. The number of aromatic hydroxyl groups is 1. The number of ether oxygens (including phenoxy) is 1. The minimum absolute atomic E-state index is 0.0249. The second-order valence-electron chi connectivity index (χ2n) is 13.4. The monoisotopic (exact) mass is 755 g/mol. The number of aromatic nitrogens is 11. The van der Waals surface area contributed by atoms with Crippen LogP contribution in [0, 0.1) is 13.8 Å². The van der Waals surface area contributed by atoms with E-state index in [1.807, 2.05) is 0 Å². The third kappa shape index (κ3) is 7.14. The first-order chi connectivity index (χ1) is 26.6. The van der Waals surface area contributed by atoms with Gasteiger partial charge in [-0.3, -0.25) is 4.79 Å². The summed E-state index contributed by atoms with van der Waals surface area (Å²) in [6.45, 7) is 2.57. The predicted octanol–water partition coefficient (Wildman–Crippen LogP) is 4.93. The molecular weight excluding hydrogens is 714 g/mol. The molecule has 2 aliphatic rings. The Morgan fingerprint density at radius 1 is 0.745 bits per heavy atom. The Morgan fingerprint density at radius 3 is 1.65 bits per heavy atom. The van der Waals surface area contributed by atoms with Crippen LogP contribution in [0.5, 0.6) is 6.01 Å². The fourth-order valence-electron chi connectivity index (χ4n) is 6.99. The molecule has 0 bridgehead atoms. The number of methoxy groups -OCH3 is 1. The molecule has 0 saturated heterocycles. The average molecular weight is 756 g/mol. The zero-order chi connectivity index (χ0) is 38.8. The summed E-state index contributed by atoms with van der Waals surface area (Å²) in [7, 11) is 1.28. The Morgan fingerprint density at radius 2 is 1.20 bits per heavy atom. The van der Waals surface area contributed by atoms with Crippen LogP contribution in [-0.2, 0) is 4.74 Å². The maximum Gasteiger partial charge on any atom is 0.343 e. The molecule has 22 heteroatoms. The maximum atomic E-state index is 12.6. The van der Waals surface area contributed by atoms with Crippen LogP contribution in [0.1, 0.15) is 108 Å². The molecule has 0 atom stereocenters. The van der Waals surface area contributed by atoms with E-state index in [2.05, 4.69) is 55.8 Å². The van der Waals surface area contributed by atoms with Gasteiger partial charge in [-0.05, 0) is 39.5 Å². The van der Waals surface area contributed by atoms with Crippen molar-refractivity contribution in [3.8, 4) is 17.9 Å². The zero-order valence-electron chi connectivity index (χ0n) is 30.6. The van der Waals surface area contributed by atoms with Crippen LogP contribution < -0.4 is 11.5 Å². The first-order valence-corrected chi connectivity index (χ1v) is 18.0. The van der Waals surface area contributed by atoms with Crippen LogP contribution in [0.4, 0.5) is 34.6 Å². The van der Waals surface area contributed by atoms with Gasteiger partial charge in [0.2, 0.25) is 0 Å². The standard InChI is InChI=1S/C33H41N17O5/c1-17-24(41-43-28-21(23(52)16-51)14-36-47(28)19-10-6-4-7-11-19)26(34)49(45-17)31-38-32(40-33(54)39-31)50-27(35)25(18(2)46-50)42-44-29-22(30(53)55-3)15-37-48(29)20-12-8-5-9-13-20/h14-15,19-20,51H,4-13,16,34-35H2,1-3H3,(H,38,39,40,54). The number of carbonyl (C=O) groups excluding carboxylic acids is 2. The molecule has 2 aliphatic carbocycles. The van der Waals surface area contributed by atoms with Crippen LogP contribution in [-0.4, -0.2) is 89.8 Å². The number of aryl methyl sites for hydroxylation is 2. The number of anilines is 2. The summed E-state index contributed by atoms with van der Waals surface area (Å²) in [5.74, 6) is -1.15. The van der Waals surface area contributed by atoms with Crippen LogP contribution in [0.15, 0.2) is 32.9 Å². The van der Waals surface area contributed by atoms with E-state index in [4.69, 9.17) is 16.2 Å². The van der Waals surface area contributed by atoms with Crippen LogP contribution in [0.25, 0.3) is 11.9 Å². The van der Waals surface area contributed by atoms with Crippen molar-refractivity contribution < 1.29 is 24.5 Å². The van der Waals surface area contributed by atoms with Crippen molar-refractivity contribution in [2.75, 3.05) is 25.2 Å². The van der Waals surface area contributed by atoms with Gasteiger partial charge in [0, 0.05) is 0 Å². The molecule has 5 aromatic heterocycles. The lowest BCUT2D eigenvalue weighted by Gasteiger charge is -2.22. The second-order valence-corrected chi connectivity index (χ2v) is 13.4. The fraction of sp³-hybridized carbons (Fsp3) is 0.485. The number of nitrogen functional groups attached to an aromatic ring is 2. The molecule has 0 unspecified atom stereocenters. The van der Waals surface area contributed by atoms with Gasteiger partial charge in [0.05, 0.1) is 48.5 Å². The van der Waals surface area contributed by atoms with Gasteiger partial charge in [0.1, 0.15) is 12.2 Å². The Balaban J connectivity index is 1.21. The molecule has 5 aromatic rings. The Hall–Kier alpha value is -6.45. The summed E-state index contributed by atoms with van der Waals surface area (Å²) < 4.78 is 10.6. The summed E-state index contributed by atoms with van der Waals surface area (Å²) in [5.41, 5.74) is 14.3. The van der Waals surface area contributed by atoms with E-state index in [0.717, 1.165) is 73.6 Å². The maximum absolute atomic E-state index is 12.6. The van der Waals surface area contributed by atoms with Crippen molar-refractivity contribution in [1.82, 2.24) is 54.1 Å². The molecule has 55 heavy (non-hydrogen) atoms. The van der Waals surface area contributed by atoms with E-state index in [-0.39, 0.29) is 69.8 Å². The van der Waals surface area contributed by atoms with Gasteiger partial charge < -0.3 is 26.4 Å². The third-order valence-corrected chi connectivity index (χ3v) is 9.82. The number of nitrogens with two attached hydrogens (primary N) is 2. The van der Waals surface area contributed by atoms with E-state index >= 15 is 0 Å². The smallest absolute Gasteiger partial charge is 0.343 e. The molecule has 0 spiro atoms. The van der Waals surface area contributed by atoms with E-state index in [1.54, 1.807) is 23.2 Å². The van der Waals surface area contributed by atoms with E-state index < -0.39 is 24.4 Å². The highest BCUT2D eigenvalue weighted by atomic mass is 16.5. The molecular formula is C33H41N17O5. The number of ketones is 1. The molecule has 2 fully saturated rings. The zero-order valence-corrected chi connectivity index (χ0v) is 30.6. The number of nitrogens with zero attached hydrogens (tertiary/aromatic N) is 15. The highest BCUT2D eigenvalue weighted by Crippen LogP contribution is 2.37. The van der Waals surface area contributed by atoms with Gasteiger partial charge >= 0.3 is 12.0 Å². The fourth-order valence-corrected chi connectivity index (χ4v) is 6.99. The minimum Gasteiger partial charge on any atom is -0.479 e. The summed E-state index contributed by atoms with van der Waals surface area (Å²) in [4.78, 5) is 37.6. The van der Waals surface area contributed by atoms with Gasteiger partial charge in [0.25, 0.3) is 11.9 Å². The number of carbonyl (C=O) groups is 2. The van der Waals surface area contributed by atoms with Crippen molar-refractivity contribution in [3.05, 3.63) is 34.9 Å². The number of hydrogen-bond acceptors (Lipinski definition) is 18. The number of rotatable bonds is 11. The Bertz CT molecular complexity index is 2130. The van der Waals surface area contributed by atoms with Crippen molar-refractivity contribution in [3.63, 3.8) is 0 Å². The number of Topliss-reactive ketones (excluding diaryl/α,β-unsaturated/α-hetero) is 1. The summed E-state index contributed by atoms with van der Waals surface area (Å²) in [5, 5.41) is 55.4. The average Bonchev–Trinajstić information content (AvgIpc) is 3.96. The summed E-state index contributed by atoms with van der Waals surface area (Å²) >= 11 is 0. The molecule has 5 heterocycles. The van der Waals surface area contributed by atoms with Crippen LogP contribution >= 0.6 is 0 Å². The van der Waals surface area contributed by atoms with Crippen molar-refractivity contribution >= 4 is 46.4 Å². The van der Waals surface area contributed by atoms with E-state index in [0.29, 0.717) is 11.4 Å². The Labute approximate surface area is 313 Å². The van der Waals surface area contributed by atoms with Crippen LogP contribution in [0.3, 0.4) is 0 Å². The van der Waals surface area contributed by atoms with E-state index in [1.165, 1.54) is 19.5 Å². The predicted molar refractivity (Wildman–Crippen MR) is 194 cm³/mol. The summed E-state index contributed by atoms with van der Waals surface area (Å²) in [6, 6.07) is -0.611. The van der Waals surface area contributed by atoms with Gasteiger partial charge in [0.15, 0.2) is 40.4 Å². The third-order valence-electron chi connectivity index (χ3n) is 9.82. The van der Waals surface area contributed by atoms with Crippen molar-refractivity contribution in [2.24, 2.45) is 20.5 Å². The van der Waals surface area contributed by atoms with Crippen LogP contribution in [0.2, 0.25) is 0 Å². The molecule has 0 aromatic carbocycles. The first-order valence-electron chi connectivity index (χ1n) is 18.0. The molecule has 22 nitrogen and oxygen atoms in total. The first kappa shape index (κ1) is 36.9. The molecule has 6 N–H and O–H groups in total. The number of aliphatic hydroxyl groups excluding tert-OH is 1. The second kappa shape index (κ2) is 15.5. The lowest BCUT2D eigenvalue weighted by molar-refractivity contribution is 0.0601. The largest absolute Gasteiger partial charge is 0.479 e. The number of esters is 1. The van der Waals surface area contributed by atoms with Gasteiger partial charge in [-0.1, -0.05) is 38.5 Å². The molecule has 288 valence electrons. The molecule has 0 aliphatic heterocycles. The minimum atomic E-state index is -0.712. The normalized spacial score (nSPS) is 15.8.